The van der Waals surface area contributed by atoms with Gasteiger partial charge < -0.3 is 10.1 Å². The molecule has 0 saturated heterocycles. The molecule has 7 heteroatoms. The average Bonchev–Trinajstić information content (AvgIpc) is 2.50. The smallest absolute Gasteiger partial charge is 0.261 e. The predicted molar refractivity (Wildman–Crippen MR) is 101 cm³/mol. The van der Waals surface area contributed by atoms with Gasteiger partial charge in [0.25, 0.3) is 5.91 Å². The van der Waals surface area contributed by atoms with E-state index in [0.29, 0.717) is 23.3 Å². The summed E-state index contributed by atoms with van der Waals surface area (Å²) in [7, 11) is -1.82. The maximum absolute atomic E-state index is 12.3. The Balaban J connectivity index is 2.74. The summed E-state index contributed by atoms with van der Waals surface area (Å²) in [5.41, 5.74) is 0.534. The third-order valence-corrected chi connectivity index (χ3v) is 5.33. The highest BCUT2D eigenvalue weighted by atomic mass is 32.2. The molecule has 1 unspecified atom stereocenters. The molecule has 25 heavy (non-hydrogen) atoms. The first-order valence-corrected chi connectivity index (χ1v) is 10.3. The standard InChI is InChI=1S/C18H30N2O4S/c1-12(2)17(13(3)4)19-18(21)14(5)24-16-10-8-15(9-11-16)20(6)25(7,22)23/h8-14,17H,1-7H3,(H,19,21). The molecule has 0 aliphatic carbocycles. The number of hydrogen-bond donors (Lipinski definition) is 1. The van der Waals surface area contributed by atoms with E-state index in [9.17, 15) is 13.2 Å². The van der Waals surface area contributed by atoms with Crippen molar-refractivity contribution in [1.82, 2.24) is 5.32 Å². The molecule has 0 saturated carbocycles. The number of benzene rings is 1. The van der Waals surface area contributed by atoms with Gasteiger partial charge in [0.1, 0.15) is 5.75 Å². The zero-order valence-corrected chi connectivity index (χ0v) is 16.9. The summed E-state index contributed by atoms with van der Waals surface area (Å²) in [6.07, 6.45) is 0.502. The van der Waals surface area contributed by atoms with E-state index in [1.54, 1.807) is 31.2 Å². The monoisotopic (exact) mass is 370 g/mol. The van der Waals surface area contributed by atoms with Crippen LogP contribution < -0.4 is 14.4 Å². The van der Waals surface area contributed by atoms with Crippen LogP contribution in [0, 0.1) is 11.8 Å². The molecule has 1 aromatic rings. The van der Waals surface area contributed by atoms with Crippen LogP contribution in [0.4, 0.5) is 5.69 Å². The van der Waals surface area contributed by atoms with Gasteiger partial charge in [-0.05, 0) is 43.0 Å². The van der Waals surface area contributed by atoms with Crippen molar-refractivity contribution in [1.29, 1.82) is 0 Å². The second-order valence-corrected chi connectivity index (χ2v) is 9.02. The molecular weight excluding hydrogens is 340 g/mol. The van der Waals surface area contributed by atoms with Gasteiger partial charge in [-0.3, -0.25) is 9.10 Å². The summed E-state index contributed by atoms with van der Waals surface area (Å²) >= 11 is 0. The minimum Gasteiger partial charge on any atom is -0.481 e. The van der Waals surface area contributed by atoms with Crippen LogP contribution in [0.5, 0.6) is 5.75 Å². The number of carbonyl (C=O) groups excluding carboxylic acids is 1. The molecule has 0 radical (unpaired) electrons. The highest BCUT2D eigenvalue weighted by Gasteiger charge is 2.23. The average molecular weight is 371 g/mol. The Morgan fingerprint density at radius 3 is 1.92 bits per heavy atom. The van der Waals surface area contributed by atoms with Crippen LogP contribution in [-0.4, -0.2) is 39.8 Å². The van der Waals surface area contributed by atoms with Crippen molar-refractivity contribution in [3.05, 3.63) is 24.3 Å². The van der Waals surface area contributed by atoms with Crippen LogP contribution in [0.15, 0.2) is 24.3 Å². The molecule has 0 heterocycles. The summed E-state index contributed by atoms with van der Waals surface area (Å²) in [6.45, 7) is 10.0. The summed E-state index contributed by atoms with van der Waals surface area (Å²) in [6, 6.07) is 6.69. The zero-order valence-electron chi connectivity index (χ0n) is 16.1. The second kappa shape index (κ2) is 8.56. The second-order valence-electron chi connectivity index (χ2n) is 7.01. The van der Waals surface area contributed by atoms with Crippen molar-refractivity contribution in [2.75, 3.05) is 17.6 Å². The van der Waals surface area contributed by atoms with Crippen molar-refractivity contribution in [2.24, 2.45) is 11.8 Å². The van der Waals surface area contributed by atoms with Crippen molar-refractivity contribution in [3.8, 4) is 5.75 Å². The molecule has 0 fully saturated rings. The van der Waals surface area contributed by atoms with Crippen LogP contribution in [-0.2, 0) is 14.8 Å². The SMILES string of the molecule is CC(Oc1ccc(N(C)S(C)(=O)=O)cc1)C(=O)NC(C(C)C)C(C)C. The van der Waals surface area contributed by atoms with Gasteiger partial charge in [-0.2, -0.15) is 0 Å². The number of anilines is 1. The van der Waals surface area contributed by atoms with E-state index < -0.39 is 16.1 Å². The number of hydrogen-bond acceptors (Lipinski definition) is 4. The fraction of sp³-hybridized carbons (Fsp3) is 0.611. The maximum atomic E-state index is 12.3. The quantitative estimate of drug-likeness (QED) is 0.763. The van der Waals surface area contributed by atoms with E-state index in [2.05, 4.69) is 33.0 Å². The van der Waals surface area contributed by atoms with Crippen LogP contribution in [0.3, 0.4) is 0 Å². The zero-order chi connectivity index (χ0) is 19.4. The van der Waals surface area contributed by atoms with Crippen molar-refractivity contribution in [2.45, 2.75) is 46.8 Å². The molecule has 0 bridgehead atoms. The first-order valence-electron chi connectivity index (χ1n) is 8.44. The summed E-state index contributed by atoms with van der Waals surface area (Å²) in [4.78, 5) is 12.3. The van der Waals surface area contributed by atoms with Crippen LogP contribution >= 0.6 is 0 Å². The number of ether oxygens (including phenoxy) is 1. The van der Waals surface area contributed by atoms with Gasteiger partial charge in [-0.1, -0.05) is 27.7 Å². The Bertz CT molecular complexity index is 661. The van der Waals surface area contributed by atoms with Crippen molar-refractivity contribution >= 4 is 21.6 Å². The Morgan fingerprint density at radius 1 is 1.04 bits per heavy atom. The minimum absolute atomic E-state index is 0.0873. The summed E-state index contributed by atoms with van der Waals surface area (Å²) in [5.74, 6) is 1.02. The third kappa shape index (κ3) is 6.23. The van der Waals surface area contributed by atoms with E-state index in [4.69, 9.17) is 4.74 Å². The molecule has 0 aliphatic rings. The topological polar surface area (TPSA) is 75.7 Å². The molecular formula is C18H30N2O4S. The Hall–Kier alpha value is -1.76. The number of sulfonamides is 1. The minimum atomic E-state index is -3.31. The normalized spacial score (nSPS) is 13.2. The van der Waals surface area contributed by atoms with Crippen molar-refractivity contribution in [3.63, 3.8) is 0 Å². The molecule has 1 amide bonds. The van der Waals surface area contributed by atoms with Gasteiger partial charge >= 0.3 is 0 Å². The van der Waals surface area contributed by atoms with E-state index in [1.165, 1.54) is 11.4 Å². The third-order valence-electron chi connectivity index (χ3n) is 4.13. The summed E-state index contributed by atoms with van der Waals surface area (Å²) < 4.78 is 29.9. The molecule has 0 aromatic heterocycles. The molecule has 1 N–H and O–H groups in total. The van der Waals surface area contributed by atoms with Gasteiger partial charge in [-0.15, -0.1) is 0 Å². The fourth-order valence-electron chi connectivity index (χ4n) is 2.57. The van der Waals surface area contributed by atoms with Crippen LogP contribution in [0.25, 0.3) is 0 Å². The Morgan fingerprint density at radius 2 is 1.52 bits per heavy atom. The maximum Gasteiger partial charge on any atom is 0.261 e. The number of carbonyl (C=O) groups is 1. The van der Waals surface area contributed by atoms with Crippen molar-refractivity contribution < 1.29 is 17.9 Å². The number of nitrogens with one attached hydrogen (secondary N) is 1. The lowest BCUT2D eigenvalue weighted by molar-refractivity contribution is -0.128. The predicted octanol–water partition coefficient (Wildman–Crippen LogP) is 2.65. The van der Waals surface area contributed by atoms with E-state index in [-0.39, 0.29) is 11.9 Å². The Labute approximate surface area is 151 Å². The molecule has 1 atom stereocenters. The van der Waals surface area contributed by atoms with Gasteiger partial charge in [0, 0.05) is 13.1 Å². The number of nitrogens with zero attached hydrogens (tertiary/aromatic N) is 1. The van der Waals surface area contributed by atoms with Gasteiger partial charge in [0.2, 0.25) is 10.0 Å². The van der Waals surface area contributed by atoms with E-state index in [0.717, 1.165) is 6.26 Å². The first-order chi connectivity index (χ1) is 11.4. The number of rotatable bonds is 8. The van der Waals surface area contributed by atoms with Crippen LogP contribution in [0.2, 0.25) is 0 Å². The molecule has 0 spiro atoms. The van der Waals surface area contributed by atoms with Gasteiger partial charge in [0.05, 0.1) is 11.9 Å². The van der Waals surface area contributed by atoms with Gasteiger partial charge in [0.15, 0.2) is 6.10 Å². The molecule has 1 aromatic carbocycles. The largest absolute Gasteiger partial charge is 0.481 e. The lowest BCUT2D eigenvalue weighted by atomic mass is 9.93. The fourth-order valence-corrected chi connectivity index (χ4v) is 3.07. The van der Waals surface area contributed by atoms with E-state index in [1.807, 2.05) is 0 Å². The number of amides is 1. The Kier molecular flexibility index (Phi) is 7.29. The lowest BCUT2D eigenvalue weighted by Crippen LogP contribution is -2.47. The lowest BCUT2D eigenvalue weighted by Gasteiger charge is -2.27. The van der Waals surface area contributed by atoms with Crippen LogP contribution in [0.1, 0.15) is 34.6 Å². The highest BCUT2D eigenvalue weighted by Crippen LogP contribution is 2.21. The summed E-state index contributed by atoms with van der Waals surface area (Å²) in [5, 5.41) is 3.03. The molecule has 142 valence electrons. The van der Waals surface area contributed by atoms with E-state index >= 15 is 0 Å². The molecule has 0 aliphatic heterocycles. The molecule has 1 rings (SSSR count). The van der Waals surface area contributed by atoms with Gasteiger partial charge in [-0.25, -0.2) is 8.42 Å². The highest BCUT2D eigenvalue weighted by molar-refractivity contribution is 7.92. The first kappa shape index (κ1) is 21.3. The molecule has 6 nitrogen and oxygen atoms in total.